The Labute approximate surface area is 469 Å². The van der Waals surface area contributed by atoms with Crippen LogP contribution in [0.5, 0.6) is 11.5 Å². The van der Waals surface area contributed by atoms with Gasteiger partial charge in [-0.1, -0.05) is 131 Å². The Balaban J connectivity index is 0.975. The molecule has 1 amide bonds. The molecule has 80 heavy (non-hydrogen) atoms. The number of rotatable bonds is 31. The van der Waals surface area contributed by atoms with Gasteiger partial charge in [0.05, 0.1) is 20.3 Å². The van der Waals surface area contributed by atoms with Crippen molar-refractivity contribution in [3.05, 3.63) is 161 Å². The number of hydrogen-bond donors (Lipinski definition) is 3. The van der Waals surface area contributed by atoms with E-state index in [4.69, 9.17) is 28.4 Å². The van der Waals surface area contributed by atoms with Crippen molar-refractivity contribution in [2.24, 2.45) is 5.11 Å². The van der Waals surface area contributed by atoms with E-state index in [1.807, 2.05) is 78.9 Å². The lowest BCUT2D eigenvalue weighted by Gasteiger charge is -2.37. The number of nitrogens with one attached hydrogen (secondary N) is 3. The summed E-state index contributed by atoms with van der Waals surface area (Å²) in [5.74, 6) is 0.114. The van der Waals surface area contributed by atoms with Crippen LogP contribution >= 0.6 is 11.8 Å². The van der Waals surface area contributed by atoms with Gasteiger partial charge in [0.15, 0.2) is 0 Å². The summed E-state index contributed by atoms with van der Waals surface area (Å²) in [5, 5.41) is 10.2. The van der Waals surface area contributed by atoms with Crippen LogP contribution in [0.4, 0.5) is 5.82 Å². The fraction of sp³-hybridized carbons (Fsp3) is 0.500. The normalized spacial score (nSPS) is 18.2. The van der Waals surface area contributed by atoms with Crippen LogP contribution in [0.15, 0.2) is 117 Å². The van der Waals surface area contributed by atoms with Crippen LogP contribution < -0.4 is 37.0 Å². The first-order chi connectivity index (χ1) is 38.8. The average molecular weight is 1120 g/mol. The predicted molar refractivity (Wildman–Crippen MR) is 302 cm³/mol. The molecule has 5 aromatic rings. The van der Waals surface area contributed by atoms with Crippen molar-refractivity contribution in [2.75, 3.05) is 38.5 Å². The molecule has 2 aliphatic heterocycles. The molecule has 21 nitrogen and oxygen atoms in total. The second kappa shape index (κ2) is 30.3. The van der Waals surface area contributed by atoms with Crippen LogP contribution in [0.3, 0.4) is 0 Å². The standard InChI is InChI=1S/C58H73N9O12S/c1-5-6-7-8-9-10-11-12-13-14-18-21-49(68)60-45(30-31-52(69)76-36-47-46(64-65-59)34-50(78-47)67-35-39(2)54(70)62-57(67)73)55(71)77-37-53-79-51(38-80-53)66-33-32-48(61-56(66)72)63-58(40-19-16-15-17-20-40,41-22-26-43(74-3)27-23-41)42-24-28-44(75-4)29-25-42/h15-17,19-20,22-29,32-33,35,45-47,50-51,53H,5-14,18,21,30-31,34,36-38H2,1-4H3,(H,60,68)(H,61,63,72)(H,62,70,73)/t45-,46-,47+,50+,51-,53+/m0/s1. The number of H-pyrrole nitrogens is 1. The lowest BCUT2D eigenvalue weighted by molar-refractivity contribution is -0.153. The van der Waals surface area contributed by atoms with Crippen molar-refractivity contribution in [1.82, 2.24) is 24.4 Å². The molecule has 3 aromatic carbocycles. The molecule has 0 radical (unpaired) electrons. The summed E-state index contributed by atoms with van der Waals surface area (Å²) in [6, 6.07) is 24.9. The van der Waals surface area contributed by atoms with Crippen molar-refractivity contribution in [3.8, 4) is 11.5 Å². The lowest BCUT2D eigenvalue weighted by Crippen LogP contribution is -2.43. The van der Waals surface area contributed by atoms with Crippen molar-refractivity contribution in [1.29, 1.82) is 0 Å². The molecule has 7 rings (SSSR count). The Bertz CT molecular complexity index is 2990. The van der Waals surface area contributed by atoms with E-state index in [0.29, 0.717) is 29.5 Å². The van der Waals surface area contributed by atoms with Crippen molar-refractivity contribution in [3.63, 3.8) is 0 Å². The number of aromatic nitrogens is 4. The summed E-state index contributed by atoms with van der Waals surface area (Å²) >= 11 is 1.34. The third-order valence-corrected chi connectivity index (χ3v) is 15.4. The van der Waals surface area contributed by atoms with Crippen LogP contribution in [0.25, 0.3) is 10.4 Å². The van der Waals surface area contributed by atoms with Gasteiger partial charge >= 0.3 is 23.3 Å². The minimum absolute atomic E-state index is 0.0751. The van der Waals surface area contributed by atoms with Gasteiger partial charge in [-0.25, -0.2) is 14.4 Å². The van der Waals surface area contributed by atoms with Gasteiger partial charge in [0, 0.05) is 47.9 Å². The maximum atomic E-state index is 13.9. The van der Waals surface area contributed by atoms with E-state index in [1.165, 1.54) is 72.5 Å². The van der Waals surface area contributed by atoms with Gasteiger partial charge in [-0.15, -0.1) is 11.8 Å². The highest BCUT2D eigenvalue weighted by Gasteiger charge is 2.39. The highest BCUT2D eigenvalue weighted by Crippen LogP contribution is 2.41. The number of methoxy groups -OCH3 is 2. The molecular weight excluding hydrogens is 1050 g/mol. The topological polar surface area (TPSA) is 269 Å². The predicted octanol–water partition coefficient (Wildman–Crippen LogP) is 9.13. The number of amides is 1. The molecule has 3 N–H and O–H groups in total. The fourth-order valence-corrected chi connectivity index (χ4v) is 10.9. The van der Waals surface area contributed by atoms with Gasteiger partial charge in [-0.05, 0) is 72.3 Å². The third-order valence-electron chi connectivity index (χ3n) is 14.3. The number of aromatic amines is 1. The second-order valence-corrected chi connectivity index (χ2v) is 21.1. The Morgan fingerprint density at radius 2 is 1.43 bits per heavy atom. The molecule has 6 atom stereocenters. The van der Waals surface area contributed by atoms with Crippen LogP contribution in [-0.2, 0) is 38.9 Å². The monoisotopic (exact) mass is 1120 g/mol. The molecule has 2 fully saturated rings. The molecular formula is C58H73N9O12S. The minimum atomic E-state index is -1.21. The van der Waals surface area contributed by atoms with Crippen LogP contribution in [0, 0.1) is 6.92 Å². The highest BCUT2D eigenvalue weighted by molar-refractivity contribution is 8.00. The van der Waals surface area contributed by atoms with Gasteiger partial charge in [-0.3, -0.25) is 28.5 Å². The summed E-state index contributed by atoms with van der Waals surface area (Å²) in [7, 11) is 3.21. The first-order valence-corrected chi connectivity index (χ1v) is 28.5. The van der Waals surface area contributed by atoms with Gasteiger partial charge in [-0.2, -0.15) is 4.98 Å². The first kappa shape index (κ1) is 60.3. The highest BCUT2D eigenvalue weighted by atomic mass is 32.2. The molecule has 428 valence electrons. The summed E-state index contributed by atoms with van der Waals surface area (Å²) < 4.78 is 37.0. The Morgan fingerprint density at radius 3 is 2.04 bits per heavy atom. The molecule has 4 heterocycles. The number of esters is 2. The van der Waals surface area contributed by atoms with E-state index in [-0.39, 0.29) is 50.4 Å². The maximum absolute atomic E-state index is 13.9. The third kappa shape index (κ3) is 16.4. The number of thioether (sulfide) groups is 1. The van der Waals surface area contributed by atoms with Gasteiger partial charge in [0.2, 0.25) is 5.91 Å². The van der Waals surface area contributed by atoms with Crippen molar-refractivity contribution in [2.45, 2.75) is 152 Å². The zero-order valence-electron chi connectivity index (χ0n) is 45.9. The molecule has 2 aromatic heterocycles. The van der Waals surface area contributed by atoms with E-state index in [9.17, 15) is 34.3 Å². The Kier molecular flexibility index (Phi) is 22.8. The molecule has 2 aliphatic rings. The number of anilines is 1. The van der Waals surface area contributed by atoms with Crippen LogP contribution in [0.2, 0.25) is 0 Å². The average Bonchev–Trinajstić information content (AvgIpc) is 4.23. The van der Waals surface area contributed by atoms with E-state index in [2.05, 4.69) is 37.6 Å². The number of carbonyl (C=O) groups is 3. The second-order valence-electron chi connectivity index (χ2n) is 19.9. The van der Waals surface area contributed by atoms with Gasteiger partial charge in [0.1, 0.15) is 66.1 Å². The molecule has 0 aliphatic carbocycles. The summed E-state index contributed by atoms with van der Waals surface area (Å²) in [4.78, 5) is 88.4. The number of hydrogen-bond acceptors (Lipinski definition) is 16. The number of azide groups is 1. The zero-order chi connectivity index (χ0) is 56.9. The number of nitrogens with zero attached hydrogens (tertiary/aromatic N) is 6. The summed E-state index contributed by atoms with van der Waals surface area (Å²) in [5.41, 5.74) is 8.54. The summed E-state index contributed by atoms with van der Waals surface area (Å²) in [6.07, 6.45) is 12.4. The van der Waals surface area contributed by atoms with Crippen LogP contribution in [0.1, 0.15) is 138 Å². The van der Waals surface area contributed by atoms with Crippen molar-refractivity contribution < 1.29 is 42.8 Å². The largest absolute Gasteiger partial charge is 0.497 e. The maximum Gasteiger partial charge on any atom is 0.351 e. The Morgan fingerprint density at radius 1 is 0.800 bits per heavy atom. The quantitative estimate of drug-likeness (QED) is 0.00932. The van der Waals surface area contributed by atoms with Crippen LogP contribution in [-0.4, -0.2) is 93.8 Å². The molecule has 2 saturated heterocycles. The minimum Gasteiger partial charge on any atom is -0.497 e. The van der Waals surface area contributed by atoms with E-state index >= 15 is 0 Å². The van der Waals surface area contributed by atoms with Gasteiger partial charge < -0.3 is 39.1 Å². The fourth-order valence-electron chi connectivity index (χ4n) is 9.91. The van der Waals surface area contributed by atoms with E-state index in [1.54, 1.807) is 26.5 Å². The number of carbonyl (C=O) groups excluding carboxylic acids is 3. The van der Waals surface area contributed by atoms with Crippen molar-refractivity contribution >= 4 is 35.4 Å². The lowest BCUT2D eigenvalue weighted by atomic mass is 9.77. The van der Waals surface area contributed by atoms with Gasteiger partial charge in [0.25, 0.3) is 5.56 Å². The molecule has 0 unspecified atom stereocenters. The number of ether oxygens (including phenoxy) is 6. The van der Waals surface area contributed by atoms with E-state index in [0.717, 1.165) is 42.4 Å². The molecule has 0 saturated carbocycles. The smallest absolute Gasteiger partial charge is 0.351 e. The number of aryl methyl sites for hydroxylation is 1. The molecule has 22 heteroatoms. The van der Waals surface area contributed by atoms with E-state index < -0.39 is 70.5 Å². The Hall–Kier alpha value is -7.39. The number of unbranched alkanes of at least 4 members (excludes halogenated alkanes) is 10. The SMILES string of the molecule is CCCCCCCCCCCCCC(=O)N[C@@H](CCC(=O)OC[C@H]1O[C@@H](n2cc(C)c(=O)[nH]c2=O)C[C@@H]1N=[N+]=[N-])C(=O)OC[C@@H]1O[C@H](n2ccc(NC(c3ccccc3)(c3ccc(OC)cc3)c3ccc(OC)cc3)nc2=O)CS1. The summed E-state index contributed by atoms with van der Waals surface area (Å²) in [6.45, 7) is 3.18. The molecule has 0 spiro atoms. The first-order valence-electron chi connectivity index (χ1n) is 27.5. The number of benzene rings is 3. The molecule has 0 bridgehead atoms. The zero-order valence-corrected chi connectivity index (χ0v) is 46.7.